The van der Waals surface area contributed by atoms with E-state index in [9.17, 15) is 4.79 Å². The van der Waals surface area contributed by atoms with Crippen LogP contribution in [0.5, 0.6) is 0 Å². The fraction of sp³-hybridized carbons (Fsp3) is 0.938. The molecule has 2 heterocycles. The Bertz CT molecular complexity index is 367. The van der Waals surface area contributed by atoms with E-state index in [4.69, 9.17) is 4.74 Å². The highest BCUT2D eigenvalue weighted by molar-refractivity contribution is 5.86. The maximum Gasteiger partial charge on any atom is 0.154 e. The predicted molar refractivity (Wildman–Crippen MR) is 78.8 cm³/mol. The van der Waals surface area contributed by atoms with Crippen molar-refractivity contribution in [2.75, 3.05) is 40.3 Å². The van der Waals surface area contributed by atoms with Crippen molar-refractivity contribution in [1.82, 2.24) is 9.80 Å². The third-order valence-electron chi connectivity index (χ3n) is 5.56. The second-order valence-corrected chi connectivity index (χ2v) is 7.09. The lowest BCUT2D eigenvalue weighted by Crippen LogP contribution is -2.52. The summed E-state index contributed by atoms with van der Waals surface area (Å²) in [6.45, 7) is 3.81. The summed E-state index contributed by atoms with van der Waals surface area (Å²) in [4.78, 5) is 17.5. The molecule has 114 valence electrons. The topological polar surface area (TPSA) is 32.8 Å². The summed E-state index contributed by atoms with van der Waals surface area (Å²) in [5.74, 6) is 0.693. The first kappa shape index (κ1) is 14.5. The molecule has 0 bridgehead atoms. The van der Waals surface area contributed by atoms with Crippen LogP contribution in [0.4, 0.5) is 0 Å². The molecule has 3 rings (SSSR count). The Labute approximate surface area is 122 Å². The Morgan fingerprint density at radius 3 is 2.70 bits per heavy atom. The maximum absolute atomic E-state index is 13.0. The van der Waals surface area contributed by atoms with Crippen LogP contribution in [0.25, 0.3) is 0 Å². The lowest BCUT2D eigenvalue weighted by Gasteiger charge is -2.47. The van der Waals surface area contributed by atoms with E-state index < -0.39 is 0 Å². The number of hydrogen-bond acceptors (Lipinski definition) is 4. The number of nitrogens with zero attached hydrogens (tertiary/aromatic N) is 2. The molecule has 2 aliphatic heterocycles. The van der Waals surface area contributed by atoms with Crippen molar-refractivity contribution in [2.24, 2.45) is 5.92 Å². The van der Waals surface area contributed by atoms with Gasteiger partial charge in [-0.15, -0.1) is 0 Å². The third kappa shape index (κ3) is 2.78. The van der Waals surface area contributed by atoms with Crippen molar-refractivity contribution >= 4 is 5.78 Å². The zero-order chi connectivity index (χ0) is 14.2. The quantitative estimate of drug-likeness (QED) is 0.768. The Hall–Kier alpha value is -0.450. The molecule has 0 aromatic heterocycles. The number of carbonyl (C=O) groups is 1. The second kappa shape index (κ2) is 5.74. The van der Waals surface area contributed by atoms with Gasteiger partial charge in [0.25, 0.3) is 0 Å². The standard InChI is InChI=1S/C16H28N2O2/c1-17-8-4-9-18(2)14(12-17)15(19)13-5-10-20-16(11-13)6-3-7-16/h13-14H,3-12H2,1-2H3. The van der Waals surface area contributed by atoms with Gasteiger partial charge in [0.1, 0.15) is 0 Å². The van der Waals surface area contributed by atoms with Crippen LogP contribution in [-0.4, -0.2) is 67.6 Å². The minimum absolute atomic E-state index is 0.0772. The van der Waals surface area contributed by atoms with Crippen LogP contribution in [0, 0.1) is 5.92 Å². The van der Waals surface area contributed by atoms with E-state index in [0.29, 0.717) is 5.78 Å². The molecule has 1 aliphatic carbocycles. The van der Waals surface area contributed by atoms with E-state index in [2.05, 4.69) is 23.9 Å². The number of likely N-dealkylation sites (N-methyl/N-ethyl adjacent to an activating group) is 2. The normalized spacial score (nSPS) is 35.5. The van der Waals surface area contributed by atoms with Crippen molar-refractivity contribution in [3.05, 3.63) is 0 Å². The molecule has 20 heavy (non-hydrogen) atoms. The van der Waals surface area contributed by atoms with Gasteiger partial charge in [0.15, 0.2) is 5.78 Å². The van der Waals surface area contributed by atoms with Crippen molar-refractivity contribution in [2.45, 2.75) is 50.2 Å². The Balaban J connectivity index is 1.67. The lowest BCUT2D eigenvalue weighted by molar-refractivity contribution is -0.158. The molecule has 0 radical (unpaired) electrons. The Morgan fingerprint density at radius 2 is 2.00 bits per heavy atom. The summed E-state index contributed by atoms with van der Waals surface area (Å²) in [5, 5.41) is 0. The summed E-state index contributed by atoms with van der Waals surface area (Å²) < 4.78 is 5.97. The van der Waals surface area contributed by atoms with Crippen LogP contribution < -0.4 is 0 Å². The van der Waals surface area contributed by atoms with E-state index in [-0.39, 0.29) is 17.6 Å². The minimum Gasteiger partial charge on any atom is -0.375 e. The van der Waals surface area contributed by atoms with Gasteiger partial charge in [-0.25, -0.2) is 0 Å². The molecule has 2 unspecified atom stereocenters. The smallest absolute Gasteiger partial charge is 0.154 e. The third-order valence-corrected chi connectivity index (χ3v) is 5.56. The van der Waals surface area contributed by atoms with E-state index in [1.807, 2.05) is 0 Å². The van der Waals surface area contributed by atoms with Gasteiger partial charge in [-0.05, 0) is 65.7 Å². The van der Waals surface area contributed by atoms with E-state index in [1.54, 1.807) is 0 Å². The van der Waals surface area contributed by atoms with Gasteiger partial charge in [0.05, 0.1) is 11.6 Å². The number of Topliss-reactive ketones (excluding diaryl/α,β-unsaturated/α-hetero) is 1. The zero-order valence-electron chi connectivity index (χ0n) is 12.9. The number of rotatable bonds is 2. The minimum atomic E-state index is 0.0772. The number of hydrogen-bond donors (Lipinski definition) is 0. The number of ketones is 1. The van der Waals surface area contributed by atoms with Gasteiger partial charge in [0, 0.05) is 19.1 Å². The van der Waals surface area contributed by atoms with Gasteiger partial charge in [-0.2, -0.15) is 0 Å². The average molecular weight is 280 g/mol. The molecule has 3 fully saturated rings. The predicted octanol–water partition coefficient (Wildman–Crippen LogP) is 1.54. The SMILES string of the molecule is CN1CCCN(C)C(C(=O)C2CCOC3(CCC3)C2)C1. The maximum atomic E-state index is 13.0. The van der Waals surface area contributed by atoms with Crippen LogP contribution in [-0.2, 0) is 9.53 Å². The summed E-state index contributed by atoms with van der Waals surface area (Å²) in [5.41, 5.74) is 0.0772. The highest BCUT2D eigenvalue weighted by Gasteiger charge is 2.45. The summed E-state index contributed by atoms with van der Waals surface area (Å²) in [6.07, 6.45) is 6.66. The first-order valence-electron chi connectivity index (χ1n) is 8.16. The molecule has 1 spiro atoms. The van der Waals surface area contributed by atoms with Gasteiger partial charge >= 0.3 is 0 Å². The molecular weight excluding hydrogens is 252 g/mol. The first-order chi connectivity index (χ1) is 9.60. The molecule has 0 aromatic rings. The molecule has 0 amide bonds. The molecule has 3 aliphatic rings. The molecule has 0 aromatic carbocycles. The highest BCUT2D eigenvalue weighted by atomic mass is 16.5. The van der Waals surface area contributed by atoms with Crippen molar-refractivity contribution in [3.63, 3.8) is 0 Å². The summed E-state index contributed by atoms with van der Waals surface area (Å²) >= 11 is 0. The summed E-state index contributed by atoms with van der Waals surface area (Å²) in [6, 6.07) is 0.0859. The van der Waals surface area contributed by atoms with Gasteiger partial charge in [-0.3, -0.25) is 9.69 Å². The zero-order valence-corrected chi connectivity index (χ0v) is 12.9. The van der Waals surface area contributed by atoms with E-state index in [1.165, 1.54) is 6.42 Å². The van der Waals surface area contributed by atoms with Crippen molar-refractivity contribution in [3.8, 4) is 0 Å². The number of ether oxygens (including phenoxy) is 1. The van der Waals surface area contributed by atoms with Gasteiger partial charge in [0.2, 0.25) is 0 Å². The van der Waals surface area contributed by atoms with Crippen molar-refractivity contribution < 1.29 is 9.53 Å². The summed E-state index contributed by atoms with van der Waals surface area (Å²) in [7, 11) is 4.25. The van der Waals surface area contributed by atoms with Gasteiger partial charge in [-0.1, -0.05) is 0 Å². The largest absolute Gasteiger partial charge is 0.375 e. The Kier molecular flexibility index (Phi) is 4.16. The molecule has 2 saturated heterocycles. The second-order valence-electron chi connectivity index (χ2n) is 7.09. The van der Waals surface area contributed by atoms with Crippen LogP contribution in [0.1, 0.15) is 38.5 Å². The molecule has 1 saturated carbocycles. The molecule has 4 nitrogen and oxygen atoms in total. The average Bonchev–Trinajstić information content (AvgIpc) is 2.58. The molecule has 4 heteroatoms. The molecular formula is C16H28N2O2. The Morgan fingerprint density at radius 1 is 1.20 bits per heavy atom. The van der Waals surface area contributed by atoms with Crippen molar-refractivity contribution in [1.29, 1.82) is 0 Å². The fourth-order valence-electron chi connectivity index (χ4n) is 4.04. The van der Waals surface area contributed by atoms with E-state index in [0.717, 1.165) is 58.3 Å². The van der Waals surface area contributed by atoms with Crippen LogP contribution >= 0.6 is 0 Å². The van der Waals surface area contributed by atoms with Gasteiger partial charge < -0.3 is 9.64 Å². The first-order valence-corrected chi connectivity index (χ1v) is 8.16. The van der Waals surface area contributed by atoms with Crippen LogP contribution in [0.3, 0.4) is 0 Å². The van der Waals surface area contributed by atoms with Crippen LogP contribution in [0.15, 0.2) is 0 Å². The molecule has 0 N–H and O–H groups in total. The van der Waals surface area contributed by atoms with E-state index >= 15 is 0 Å². The highest BCUT2D eigenvalue weighted by Crippen LogP contribution is 2.44. The fourth-order valence-corrected chi connectivity index (χ4v) is 4.04. The lowest BCUT2D eigenvalue weighted by atomic mass is 9.70. The molecule has 2 atom stereocenters. The number of carbonyl (C=O) groups excluding carboxylic acids is 1. The monoisotopic (exact) mass is 280 g/mol. The van der Waals surface area contributed by atoms with Crippen LogP contribution in [0.2, 0.25) is 0 Å².